The summed E-state index contributed by atoms with van der Waals surface area (Å²) in [6.07, 6.45) is 15.3. The van der Waals surface area contributed by atoms with Gasteiger partial charge in [0.05, 0.1) is 5.52 Å². The van der Waals surface area contributed by atoms with Gasteiger partial charge in [-0.1, -0.05) is 84.9 Å². The van der Waals surface area contributed by atoms with Crippen molar-refractivity contribution in [1.82, 2.24) is 9.55 Å². The highest BCUT2D eigenvalue weighted by atomic mass is 32.1. The van der Waals surface area contributed by atoms with Crippen LogP contribution in [0.15, 0.2) is 72.5 Å². The van der Waals surface area contributed by atoms with Crippen LogP contribution >= 0.6 is 11.3 Å². The SMILES string of the molecule is CC.CC.CC.CCc1ccsc1-c1cn(-c2ccncc2)c2c3c(c4ccccc4c12)C=CCCC3. The van der Waals surface area contributed by atoms with Gasteiger partial charge in [0.1, 0.15) is 0 Å². The Labute approximate surface area is 227 Å². The molecule has 1 aliphatic carbocycles. The summed E-state index contributed by atoms with van der Waals surface area (Å²) in [5, 5.41) is 6.34. The van der Waals surface area contributed by atoms with Gasteiger partial charge in [-0.05, 0) is 76.7 Å². The fourth-order valence-corrected chi connectivity index (χ4v) is 6.09. The molecule has 0 spiro atoms. The monoisotopic (exact) mass is 510 g/mol. The molecule has 37 heavy (non-hydrogen) atoms. The number of hydrogen-bond acceptors (Lipinski definition) is 2. The van der Waals surface area contributed by atoms with Crippen LogP contribution in [0.25, 0.3) is 43.9 Å². The van der Waals surface area contributed by atoms with Crippen LogP contribution in [0.1, 0.15) is 78.0 Å². The van der Waals surface area contributed by atoms with E-state index in [0.717, 1.165) is 19.3 Å². The Hall–Kier alpha value is -3.17. The normalized spacial score (nSPS) is 11.9. The molecule has 3 heterocycles. The lowest BCUT2D eigenvalue weighted by Gasteiger charge is -2.15. The first-order chi connectivity index (χ1) is 18.4. The van der Waals surface area contributed by atoms with Gasteiger partial charge in [0.15, 0.2) is 0 Å². The van der Waals surface area contributed by atoms with E-state index in [1.54, 1.807) is 0 Å². The quantitative estimate of drug-likeness (QED) is 0.236. The van der Waals surface area contributed by atoms with Crippen molar-refractivity contribution in [1.29, 1.82) is 0 Å². The van der Waals surface area contributed by atoms with Crippen molar-refractivity contribution in [3.8, 4) is 16.1 Å². The van der Waals surface area contributed by atoms with Crippen LogP contribution in [0.3, 0.4) is 0 Å². The van der Waals surface area contributed by atoms with Crippen LogP contribution in [0.2, 0.25) is 0 Å². The number of hydrogen-bond donors (Lipinski definition) is 0. The minimum absolute atomic E-state index is 1.05. The van der Waals surface area contributed by atoms with Gasteiger partial charge in [0.2, 0.25) is 0 Å². The molecule has 0 radical (unpaired) electrons. The Kier molecular flexibility index (Phi) is 10.7. The lowest BCUT2D eigenvalue weighted by atomic mass is 9.91. The molecule has 0 amide bonds. The number of rotatable bonds is 3. The van der Waals surface area contributed by atoms with Crippen molar-refractivity contribution in [2.45, 2.75) is 74.1 Å². The largest absolute Gasteiger partial charge is 0.315 e. The zero-order valence-corrected chi connectivity index (χ0v) is 24.5. The second kappa shape index (κ2) is 13.9. The van der Waals surface area contributed by atoms with E-state index in [9.17, 15) is 0 Å². The number of aromatic nitrogens is 2. The van der Waals surface area contributed by atoms with Gasteiger partial charge in [-0.3, -0.25) is 4.98 Å². The standard InChI is InChI=1S/C28H24N2S.3C2H6/c1-2-19-14-17-31-28(19)25-18-30(20-12-15-29-16-13-20)27-24-11-5-3-4-8-22(24)21-9-6-7-10-23(21)26(25)27;3*1-2/h4,6-10,12-18H,2-3,5,11H2,1H3;3*1-2H3. The zero-order valence-electron chi connectivity index (χ0n) is 23.6. The Morgan fingerprint density at radius 3 is 2.30 bits per heavy atom. The number of nitrogens with zero attached hydrogens (tertiary/aromatic N) is 2. The summed E-state index contributed by atoms with van der Waals surface area (Å²) in [5.41, 5.74) is 8.18. The first kappa shape index (κ1) is 28.4. The number of aryl methyl sites for hydroxylation is 2. The van der Waals surface area contributed by atoms with Crippen LogP contribution in [-0.4, -0.2) is 9.55 Å². The highest BCUT2D eigenvalue weighted by Gasteiger charge is 2.23. The van der Waals surface area contributed by atoms with Gasteiger partial charge in [-0.2, -0.15) is 0 Å². The van der Waals surface area contributed by atoms with E-state index in [4.69, 9.17) is 0 Å². The summed E-state index contributed by atoms with van der Waals surface area (Å²) in [4.78, 5) is 5.66. The molecular formula is C34H42N2S. The predicted octanol–water partition coefficient (Wildman–Crippen LogP) is 10.9. The molecule has 1 aliphatic rings. The smallest absolute Gasteiger partial charge is 0.0579 e. The van der Waals surface area contributed by atoms with Crippen molar-refractivity contribution in [3.05, 3.63) is 89.2 Å². The van der Waals surface area contributed by atoms with Crippen LogP contribution in [-0.2, 0) is 12.8 Å². The Bertz CT molecular complexity index is 1440. The molecule has 2 aromatic carbocycles. The molecule has 3 heteroatoms. The van der Waals surface area contributed by atoms with Gasteiger partial charge in [0.25, 0.3) is 0 Å². The number of benzene rings is 2. The first-order valence-electron chi connectivity index (χ1n) is 14.1. The summed E-state index contributed by atoms with van der Waals surface area (Å²) in [5.74, 6) is 0. The molecule has 5 aromatic rings. The topological polar surface area (TPSA) is 17.8 Å². The van der Waals surface area contributed by atoms with E-state index in [1.165, 1.54) is 60.9 Å². The second-order valence-corrected chi connectivity index (χ2v) is 9.12. The van der Waals surface area contributed by atoms with Gasteiger partial charge in [-0.15, -0.1) is 11.3 Å². The Morgan fingerprint density at radius 1 is 0.892 bits per heavy atom. The molecule has 0 saturated carbocycles. The van der Waals surface area contributed by atoms with Gasteiger partial charge >= 0.3 is 0 Å². The van der Waals surface area contributed by atoms with E-state index in [2.05, 4.69) is 82.7 Å². The Morgan fingerprint density at radius 2 is 1.59 bits per heavy atom. The molecule has 0 saturated heterocycles. The minimum Gasteiger partial charge on any atom is -0.315 e. The van der Waals surface area contributed by atoms with E-state index in [-0.39, 0.29) is 0 Å². The highest BCUT2D eigenvalue weighted by molar-refractivity contribution is 7.13. The van der Waals surface area contributed by atoms with Gasteiger partial charge in [0, 0.05) is 40.1 Å². The molecule has 3 aromatic heterocycles. The predicted molar refractivity (Wildman–Crippen MR) is 167 cm³/mol. The maximum atomic E-state index is 4.27. The third-order valence-electron chi connectivity index (χ3n) is 6.50. The maximum absolute atomic E-state index is 4.27. The molecule has 6 rings (SSSR count). The molecule has 0 aliphatic heterocycles. The summed E-state index contributed by atoms with van der Waals surface area (Å²) < 4.78 is 2.41. The minimum atomic E-state index is 1.05. The zero-order chi connectivity index (χ0) is 26.8. The van der Waals surface area contributed by atoms with Crippen molar-refractivity contribution >= 4 is 39.1 Å². The molecule has 0 fully saturated rings. The summed E-state index contributed by atoms with van der Waals surface area (Å²) in [6.45, 7) is 14.3. The third kappa shape index (κ3) is 5.43. The van der Waals surface area contributed by atoms with Crippen molar-refractivity contribution < 1.29 is 0 Å². The van der Waals surface area contributed by atoms with Crippen molar-refractivity contribution in [2.75, 3.05) is 0 Å². The second-order valence-electron chi connectivity index (χ2n) is 8.20. The number of allylic oxidation sites excluding steroid dienone is 1. The lowest BCUT2D eigenvalue weighted by molar-refractivity contribution is 0.853. The summed E-state index contributed by atoms with van der Waals surface area (Å²) >= 11 is 1.86. The van der Waals surface area contributed by atoms with Crippen LogP contribution in [0, 0.1) is 0 Å². The van der Waals surface area contributed by atoms with Crippen molar-refractivity contribution in [2.24, 2.45) is 0 Å². The summed E-state index contributed by atoms with van der Waals surface area (Å²) in [7, 11) is 0. The van der Waals surface area contributed by atoms with E-state index < -0.39 is 0 Å². The maximum Gasteiger partial charge on any atom is 0.0579 e. The number of fused-ring (bicyclic) bond motifs is 6. The van der Waals surface area contributed by atoms with Gasteiger partial charge < -0.3 is 4.57 Å². The molecule has 0 N–H and O–H groups in total. The van der Waals surface area contributed by atoms with E-state index >= 15 is 0 Å². The summed E-state index contributed by atoms with van der Waals surface area (Å²) in [6, 6.07) is 15.5. The fraction of sp³-hybridized carbons (Fsp3) is 0.324. The van der Waals surface area contributed by atoms with Crippen LogP contribution in [0.4, 0.5) is 0 Å². The third-order valence-corrected chi connectivity index (χ3v) is 7.49. The number of pyridine rings is 1. The molecule has 2 nitrogen and oxygen atoms in total. The fourth-order valence-electron chi connectivity index (χ4n) is 5.07. The molecule has 0 bridgehead atoms. The van der Waals surface area contributed by atoms with E-state index in [1.807, 2.05) is 65.3 Å². The average molecular weight is 511 g/mol. The lowest BCUT2D eigenvalue weighted by Crippen LogP contribution is -1.99. The van der Waals surface area contributed by atoms with Crippen LogP contribution < -0.4 is 0 Å². The molecule has 0 atom stereocenters. The first-order valence-corrected chi connectivity index (χ1v) is 15.0. The number of thiophene rings is 1. The Balaban J connectivity index is 0.000000593. The average Bonchev–Trinajstić information content (AvgIpc) is 3.54. The van der Waals surface area contributed by atoms with E-state index in [0.29, 0.717) is 0 Å². The highest BCUT2D eigenvalue weighted by Crippen LogP contribution is 2.45. The molecular weight excluding hydrogens is 468 g/mol. The van der Waals surface area contributed by atoms with Crippen molar-refractivity contribution in [3.63, 3.8) is 0 Å². The van der Waals surface area contributed by atoms with Gasteiger partial charge in [-0.25, -0.2) is 0 Å². The molecule has 0 unspecified atom stereocenters. The molecule has 194 valence electrons. The van der Waals surface area contributed by atoms with Crippen LogP contribution in [0.5, 0.6) is 0 Å².